The highest BCUT2D eigenvalue weighted by Crippen LogP contribution is 2.21. The van der Waals surface area contributed by atoms with Crippen LogP contribution in [-0.4, -0.2) is 33.2 Å². The highest BCUT2D eigenvalue weighted by molar-refractivity contribution is 5.95. The van der Waals surface area contributed by atoms with Gasteiger partial charge in [0.25, 0.3) is 0 Å². The highest BCUT2D eigenvalue weighted by atomic mass is 16.4. The molecule has 1 heterocycles. The topological polar surface area (TPSA) is 121 Å². The molecule has 18 heavy (non-hydrogen) atoms. The Bertz CT molecular complexity index is 447. The van der Waals surface area contributed by atoms with Crippen LogP contribution in [0.25, 0.3) is 0 Å². The summed E-state index contributed by atoms with van der Waals surface area (Å²) in [6.45, 7) is 6.01. The van der Waals surface area contributed by atoms with Crippen LogP contribution in [0.2, 0.25) is 0 Å². The molecule has 0 saturated carbocycles. The fourth-order valence-electron chi connectivity index (χ4n) is 1.27. The number of aromatic nitrogens is 2. The van der Waals surface area contributed by atoms with Gasteiger partial charge >= 0.3 is 5.97 Å². The minimum atomic E-state index is -1.12. The van der Waals surface area contributed by atoms with Crippen molar-refractivity contribution in [2.45, 2.75) is 38.6 Å². The van der Waals surface area contributed by atoms with E-state index in [0.717, 1.165) is 5.69 Å². The van der Waals surface area contributed by atoms with Crippen molar-refractivity contribution in [3.05, 3.63) is 11.8 Å². The number of nitrogens with zero attached hydrogens (tertiary/aromatic N) is 1. The van der Waals surface area contributed by atoms with Gasteiger partial charge in [-0.05, 0) is 0 Å². The summed E-state index contributed by atoms with van der Waals surface area (Å²) in [6.07, 6.45) is -0.414. The predicted molar refractivity (Wildman–Crippen MR) is 66.1 cm³/mol. The summed E-state index contributed by atoms with van der Waals surface area (Å²) in [5.74, 6) is -1.34. The Hall–Kier alpha value is -1.89. The van der Waals surface area contributed by atoms with Gasteiger partial charge in [0.1, 0.15) is 0 Å². The number of aromatic amines is 1. The van der Waals surface area contributed by atoms with E-state index in [1.165, 1.54) is 0 Å². The van der Waals surface area contributed by atoms with Crippen molar-refractivity contribution in [1.82, 2.24) is 10.2 Å². The standard InChI is InChI=1S/C11H18N4O3/c1-11(2,3)7-5-8(15-14-7)13-10(18)6(12)4-9(16)17/h5-6H,4,12H2,1-3H3,(H,16,17)(H2,13,14,15,18). The first-order valence-corrected chi connectivity index (χ1v) is 5.54. The van der Waals surface area contributed by atoms with Crippen LogP contribution in [0.15, 0.2) is 6.07 Å². The summed E-state index contributed by atoms with van der Waals surface area (Å²) in [6, 6.07) is 0.614. The Morgan fingerprint density at radius 1 is 1.56 bits per heavy atom. The molecule has 100 valence electrons. The van der Waals surface area contributed by atoms with Gasteiger partial charge in [-0.3, -0.25) is 14.7 Å². The molecule has 1 atom stereocenters. The number of hydrogen-bond donors (Lipinski definition) is 4. The molecule has 0 aliphatic carbocycles. The number of aliphatic carboxylic acids is 1. The van der Waals surface area contributed by atoms with Crippen molar-refractivity contribution in [2.75, 3.05) is 5.32 Å². The molecule has 0 aromatic carbocycles. The number of nitrogens with one attached hydrogen (secondary N) is 2. The lowest BCUT2D eigenvalue weighted by molar-refractivity contribution is -0.138. The first-order valence-electron chi connectivity index (χ1n) is 5.54. The zero-order chi connectivity index (χ0) is 13.9. The second-order valence-corrected chi connectivity index (χ2v) is 5.11. The quantitative estimate of drug-likeness (QED) is 0.621. The number of rotatable bonds is 4. The maximum absolute atomic E-state index is 11.6. The Kier molecular flexibility index (Phi) is 4.07. The monoisotopic (exact) mass is 254 g/mol. The summed E-state index contributed by atoms with van der Waals surface area (Å²) >= 11 is 0. The van der Waals surface area contributed by atoms with Gasteiger partial charge in [-0.2, -0.15) is 5.10 Å². The van der Waals surface area contributed by atoms with E-state index in [2.05, 4.69) is 15.5 Å². The minimum Gasteiger partial charge on any atom is -0.481 e. The summed E-state index contributed by atoms with van der Waals surface area (Å²) < 4.78 is 0. The van der Waals surface area contributed by atoms with Crippen LogP contribution in [-0.2, 0) is 15.0 Å². The smallest absolute Gasteiger partial charge is 0.305 e. The largest absolute Gasteiger partial charge is 0.481 e. The molecule has 0 fully saturated rings. The third-order valence-electron chi connectivity index (χ3n) is 2.37. The third-order valence-corrected chi connectivity index (χ3v) is 2.37. The highest BCUT2D eigenvalue weighted by Gasteiger charge is 2.20. The van der Waals surface area contributed by atoms with E-state index in [0.29, 0.717) is 5.82 Å². The fourth-order valence-corrected chi connectivity index (χ4v) is 1.27. The number of H-pyrrole nitrogens is 1. The summed E-state index contributed by atoms with van der Waals surface area (Å²) in [7, 11) is 0. The van der Waals surface area contributed by atoms with Gasteiger partial charge in [0.05, 0.1) is 12.5 Å². The van der Waals surface area contributed by atoms with E-state index in [1.54, 1.807) is 6.07 Å². The number of carbonyl (C=O) groups is 2. The van der Waals surface area contributed by atoms with Crippen LogP contribution < -0.4 is 11.1 Å². The molecule has 1 amide bonds. The molecule has 7 nitrogen and oxygen atoms in total. The number of carbonyl (C=O) groups excluding carboxylic acids is 1. The third kappa shape index (κ3) is 3.85. The van der Waals surface area contributed by atoms with Gasteiger partial charge in [0.15, 0.2) is 5.82 Å². The van der Waals surface area contributed by atoms with E-state index >= 15 is 0 Å². The van der Waals surface area contributed by atoms with Crippen LogP contribution in [0.5, 0.6) is 0 Å². The van der Waals surface area contributed by atoms with Gasteiger partial charge in [0, 0.05) is 17.2 Å². The molecule has 1 aromatic heterocycles. The number of amides is 1. The Labute approximate surface area is 105 Å². The molecule has 0 saturated heterocycles. The maximum Gasteiger partial charge on any atom is 0.305 e. The van der Waals surface area contributed by atoms with Crippen molar-refractivity contribution in [3.63, 3.8) is 0 Å². The second kappa shape index (κ2) is 5.18. The molecule has 5 N–H and O–H groups in total. The van der Waals surface area contributed by atoms with Crippen LogP contribution in [0.4, 0.5) is 5.82 Å². The first-order chi connectivity index (χ1) is 8.20. The normalized spacial score (nSPS) is 13.1. The fraction of sp³-hybridized carbons (Fsp3) is 0.545. The SMILES string of the molecule is CC(C)(C)c1cc(NC(=O)C(N)CC(=O)O)n[nH]1. The number of carboxylic acid groups (broad SMARTS) is 1. The second-order valence-electron chi connectivity index (χ2n) is 5.11. The summed E-state index contributed by atoms with van der Waals surface area (Å²) in [4.78, 5) is 22.0. The Morgan fingerprint density at radius 3 is 2.61 bits per heavy atom. The molecule has 0 spiro atoms. The van der Waals surface area contributed by atoms with Gasteiger partial charge < -0.3 is 16.2 Å². The molecule has 0 aliphatic rings. The molecule has 7 heteroatoms. The number of hydrogen-bond acceptors (Lipinski definition) is 4. The average Bonchev–Trinajstić information content (AvgIpc) is 2.64. The summed E-state index contributed by atoms with van der Waals surface area (Å²) in [5, 5.41) is 17.7. The van der Waals surface area contributed by atoms with Crippen LogP contribution in [0.1, 0.15) is 32.9 Å². The number of nitrogens with two attached hydrogens (primary N) is 1. The summed E-state index contributed by atoms with van der Waals surface area (Å²) in [5.41, 5.74) is 6.18. The molecule has 1 aromatic rings. The predicted octanol–water partition coefficient (Wildman–Crippen LogP) is 0.448. The van der Waals surface area contributed by atoms with Gasteiger partial charge in [0.2, 0.25) is 5.91 Å². The zero-order valence-corrected chi connectivity index (χ0v) is 10.7. The van der Waals surface area contributed by atoms with E-state index in [4.69, 9.17) is 10.8 Å². The molecule has 0 bridgehead atoms. The number of anilines is 1. The molecular formula is C11H18N4O3. The van der Waals surface area contributed by atoms with E-state index in [-0.39, 0.29) is 5.41 Å². The van der Waals surface area contributed by atoms with Crippen LogP contribution in [0, 0.1) is 0 Å². The van der Waals surface area contributed by atoms with Crippen LogP contribution >= 0.6 is 0 Å². The number of carboxylic acids is 1. The molecule has 0 radical (unpaired) electrons. The zero-order valence-electron chi connectivity index (χ0n) is 10.7. The lowest BCUT2D eigenvalue weighted by Gasteiger charge is -2.14. The van der Waals surface area contributed by atoms with Crippen LogP contribution in [0.3, 0.4) is 0 Å². The Morgan fingerprint density at radius 2 is 2.17 bits per heavy atom. The maximum atomic E-state index is 11.6. The van der Waals surface area contributed by atoms with E-state index < -0.39 is 24.3 Å². The van der Waals surface area contributed by atoms with Crippen molar-refractivity contribution in [2.24, 2.45) is 5.73 Å². The first kappa shape index (κ1) is 14.2. The Balaban J connectivity index is 2.65. The lowest BCUT2D eigenvalue weighted by atomic mass is 9.92. The molecule has 1 rings (SSSR count). The minimum absolute atomic E-state index is 0.112. The van der Waals surface area contributed by atoms with Gasteiger partial charge in [-0.25, -0.2) is 0 Å². The average molecular weight is 254 g/mol. The van der Waals surface area contributed by atoms with Crippen molar-refractivity contribution in [3.8, 4) is 0 Å². The van der Waals surface area contributed by atoms with Crippen molar-refractivity contribution in [1.29, 1.82) is 0 Å². The molecular weight excluding hydrogens is 236 g/mol. The van der Waals surface area contributed by atoms with Gasteiger partial charge in [-0.15, -0.1) is 0 Å². The lowest BCUT2D eigenvalue weighted by Crippen LogP contribution is -2.37. The van der Waals surface area contributed by atoms with Crippen molar-refractivity contribution < 1.29 is 14.7 Å². The molecule has 1 unspecified atom stereocenters. The van der Waals surface area contributed by atoms with Crippen molar-refractivity contribution >= 4 is 17.7 Å². The van der Waals surface area contributed by atoms with E-state index in [9.17, 15) is 9.59 Å². The van der Waals surface area contributed by atoms with E-state index in [1.807, 2.05) is 20.8 Å². The van der Waals surface area contributed by atoms with Gasteiger partial charge in [-0.1, -0.05) is 20.8 Å². The molecule has 0 aliphatic heterocycles.